The Kier molecular flexibility index (Phi) is 11.6. The van der Waals surface area contributed by atoms with E-state index < -0.39 is 0 Å². The Balaban J connectivity index is 1.17. The first-order valence-electron chi connectivity index (χ1n) is 15.5. The second-order valence-corrected chi connectivity index (χ2v) is 11.0. The number of piperazine rings is 1. The summed E-state index contributed by atoms with van der Waals surface area (Å²) in [5, 5.41) is 0. The summed E-state index contributed by atoms with van der Waals surface area (Å²) in [7, 11) is 9.52. The van der Waals surface area contributed by atoms with Crippen molar-refractivity contribution in [3.05, 3.63) is 94.6 Å². The van der Waals surface area contributed by atoms with Crippen LogP contribution in [-0.4, -0.2) is 88.6 Å². The molecule has 2 aromatic heterocycles. The Labute approximate surface area is 282 Å². The summed E-state index contributed by atoms with van der Waals surface area (Å²) in [6, 6.07) is 15.5. The first-order valence-corrected chi connectivity index (χ1v) is 15.5. The highest BCUT2D eigenvalue weighted by Gasteiger charge is 2.18. The van der Waals surface area contributed by atoms with Gasteiger partial charge in [-0.3, -0.25) is 9.80 Å². The lowest BCUT2D eigenvalue weighted by atomic mass is 10.1. The van der Waals surface area contributed by atoms with Gasteiger partial charge in [-0.15, -0.1) is 0 Å². The highest BCUT2D eigenvalue weighted by molar-refractivity contribution is 5.59. The largest absolute Gasteiger partial charge is 0.493 e. The van der Waals surface area contributed by atoms with Crippen LogP contribution in [0.2, 0.25) is 0 Å². The maximum atomic E-state index is 5.45. The normalized spacial score (nSPS) is 13.0. The molecule has 0 saturated carbocycles. The third-order valence-electron chi connectivity index (χ3n) is 7.93. The Bertz CT molecular complexity index is 1660. The van der Waals surface area contributed by atoms with Crippen molar-refractivity contribution in [2.24, 2.45) is 0 Å². The number of aromatic nitrogens is 2. The minimum atomic E-state index is 0.537. The molecule has 0 spiro atoms. The molecule has 2 aromatic carbocycles. The third-order valence-corrected chi connectivity index (χ3v) is 7.93. The SMILES string of the molecule is COc1cc(C#Cc2cc(CN3CCN(Cc4ccnc(C#Cc5cc(OC)c(OC)c(OC)c5)c4)CC3)ccn2)cc(OC)c1OC. The highest BCUT2D eigenvalue weighted by atomic mass is 16.5. The van der Waals surface area contributed by atoms with Gasteiger partial charge in [-0.05, 0) is 71.5 Å². The topological polar surface area (TPSA) is 87.6 Å². The molecule has 1 aliphatic heterocycles. The maximum Gasteiger partial charge on any atom is 0.203 e. The quantitative estimate of drug-likeness (QED) is 0.227. The Hall–Kier alpha value is -5.42. The van der Waals surface area contributed by atoms with Crippen LogP contribution in [0.15, 0.2) is 60.9 Å². The molecule has 1 fully saturated rings. The van der Waals surface area contributed by atoms with Crippen LogP contribution >= 0.6 is 0 Å². The molecule has 10 heteroatoms. The Morgan fingerprint density at radius 2 is 0.854 bits per heavy atom. The molecule has 4 aromatic rings. The zero-order chi connectivity index (χ0) is 33.9. The van der Waals surface area contributed by atoms with Gasteiger partial charge in [-0.2, -0.15) is 0 Å². The number of nitrogens with zero attached hydrogens (tertiary/aromatic N) is 4. The lowest BCUT2D eigenvalue weighted by molar-refractivity contribution is 0.122. The third kappa shape index (κ3) is 8.48. The molecular formula is C38H40N4O6. The predicted molar refractivity (Wildman–Crippen MR) is 183 cm³/mol. The van der Waals surface area contributed by atoms with Crippen molar-refractivity contribution in [1.82, 2.24) is 19.8 Å². The van der Waals surface area contributed by atoms with Gasteiger partial charge in [0.25, 0.3) is 0 Å². The number of ether oxygens (including phenoxy) is 6. The Morgan fingerprint density at radius 3 is 1.17 bits per heavy atom. The van der Waals surface area contributed by atoms with Gasteiger partial charge in [-0.1, -0.05) is 11.8 Å². The molecule has 0 unspecified atom stereocenters. The molecule has 1 saturated heterocycles. The van der Waals surface area contributed by atoms with Gasteiger partial charge in [0.2, 0.25) is 11.5 Å². The number of benzene rings is 2. The van der Waals surface area contributed by atoms with Crippen LogP contribution in [0.1, 0.15) is 33.6 Å². The van der Waals surface area contributed by atoms with Crippen molar-refractivity contribution in [3.8, 4) is 58.2 Å². The summed E-state index contributed by atoms with van der Waals surface area (Å²) in [5.74, 6) is 16.0. The van der Waals surface area contributed by atoms with E-state index in [-0.39, 0.29) is 0 Å². The van der Waals surface area contributed by atoms with E-state index in [1.165, 1.54) is 11.1 Å². The van der Waals surface area contributed by atoms with Gasteiger partial charge in [0.1, 0.15) is 11.4 Å². The van der Waals surface area contributed by atoms with E-state index in [4.69, 9.17) is 28.4 Å². The molecule has 0 bridgehead atoms. The first kappa shape index (κ1) is 33.9. The van der Waals surface area contributed by atoms with Crippen LogP contribution in [0.4, 0.5) is 0 Å². The van der Waals surface area contributed by atoms with E-state index >= 15 is 0 Å². The molecule has 0 amide bonds. The minimum Gasteiger partial charge on any atom is -0.493 e. The molecule has 0 atom stereocenters. The average Bonchev–Trinajstić information content (AvgIpc) is 3.13. The van der Waals surface area contributed by atoms with Gasteiger partial charge in [0.15, 0.2) is 23.0 Å². The van der Waals surface area contributed by atoms with Gasteiger partial charge >= 0.3 is 0 Å². The van der Waals surface area contributed by atoms with E-state index in [0.29, 0.717) is 45.9 Å². The van der Waals surface area contributed by atoms with Crippen LogP contribution in [0.3, 0.4) is 0 Å². The van der Waals surface area contributed by atoms with Gasteiger partial charge in [0, 0.05) is 62.8 Å². The average molecular weight is 649 g/mol. The monoisotopic (exact) mass is 648 g/mol. The molecule has 248 valence electrons. The van der Waals surface area contributed by atoms with E-state index in [0.717, 1.165) is 50.4 Å². The summed E-state index contributed by atoms with van der Waals surface area (Å²) in [4.78, 5) is 13.9. The lowest BCUT2D eigenvalue weighted by Gasteiger charge is -2.34. The van der Waals surface area contributed by atoms with Crippen molar-refractivity contribution < 1.29 is 28.4 Å². The van der Waals surface area contributed by atoms with Gasteiger partial charge < -0.3 is 28.4 Å². The second kappa shape index (κ2) is 16.4. The molecule has 0 radical (unpaired) electrons. The van der Waals surface area contributed by atoms with Crippen molar-refractivity contribution in [1.29, 1.82) is 0 Å². The van der Waals surface area contributed by atoms with Gasteiger partial charge in [-0.25, -0.2) is 9.97 Å². The molecule has 3 heterocycles. The number of hydrogen-bond acceptors (Lipinski definition) is 10. The molecule has 10 nitrogen and oxygen atoms in total. The van der Waals surface area contributed by atoms with Crippen molar-refractivity contribution >= 4 is 0 Å². The molecule has 0 aliphatic carbocycles. The summed E-state index contributed by atoms with van der Waals surface area (Å²) in [6.45, 7) is 5.54. The standard InChI is InChI=1S/C38H40N4O6/c1-43-33-21-27(22-34(44-2)37(33)47-5)7-9-31-19-29(11-13-39-31)25-41-15-17-42(18-16-41)26-30-12-14-40-32(20-30)10-8-28-23-35(45-3)38(48-6)36(24-28)46-4/h11-14,19-24H,15-18,25-26H2,1-6H3. The number of rotatable bonds is 10. The first-order chi connectivity index (χ1) is 23.5. The smallest absolute Gasteiger partial charge is 0.203 e. The molecular weight excluding hydrogens is 608 g/mol. The van der Waals surface area contributed by atoms with E-state index in [9.17, 15) is 0 Å². The summed E-state index contributed by atoms with van der Waals surface area (Å²) in [6.07, 6.45) is 3.63. The fourth-order valence-corrected chi connectivity index (χ4v) is 5.48. The zero-order valence-corrected chi connectivity index (χ0v) is 28.3. The lowest BCUT2D eigenvalue weighted by Crippen LogP contribution is -2.45. The van der Waals surface area contributed by atoms with Crippen LogP contribution in [0.25, 0.3) is 0 Å². The predicted octanol–water partition coefficient (Wildman–Crippen LogP) is 4.65. The zero-order valence-electron chi connectivity index (χ0n) is 28.3. The van der Waals surface area contributed by atoms with Crippen LogP contribution in [0.5, 0.6) is 34.5 Å². The minimum absolute atomic E-state index is 0.537. The number of methoxy groups -OCH3 is 6. The molecule has 0 N–H and O–H groups in total. The molecule has 1 aliphatic rings. The fraction of sp³-hybridized carbons (Fsp3) is 0.316. The number of pyridine rings is 2. The van der Waals surface area contributed by atoms with Crippen molar-refractivity contribution in [3.63, 3.8) is 0 Å². The number of hydrogen-bond donors (Lipinski definition) is 0. The maximum absolute atomic E-state index is 5.45. The van der Waals surface area contributed by atoms with Crippen LogP contribution < -0.4 is 28.4 Å². The van der Waals surface area contributed by atoms with Crippen LogP contribution in [0, 0.1) is 23.7 Å². The second-order valence-electron chi connectivity index (χ2n) is 11.0. The highest BCUT2D eigenvalue weighted by Crippen LogP contribution is 2.39. The van der Waals surface area contributed by atoms with Crippen LogP contribution in [-0.2, 0) is 13.1 Å². The summed E-state index contributed by atoms with van der Waals surface area (Å²) >= 11 is 0. The van der Waals surface area contributed by atoms with Crippen molar-refractivity contribution in [2.45, 2.75) is 13.1 Å². The molecule has 5 rings (SSSR count). The molecule has 48 heavy (non-hydrogen) atoms. The van der Waals surface area contributed by atoms with E-state index in [1.54, 1.807) is 42.7 Å². The fourth-order valence-electron chi connectivity index (χ4n) is 5.48. The van der Waals surface area contributed by atoms with E-state index in [2.05, 4.69) is 67.7 Å². The summed E-state index contributed by atoms with van der Waals surface area (Å²) in [5.41, 5.74) is 5.28. The van der Waals surface area contributed by atoms with Gasteiger partial charge in [0.05, 0.1) is 42.7 Å². The van der Waals surface area contributed by atoms with E-state index in [1.807, 2.05) is 36.7 Å². The Morgan fingerprint density at radius 1 is 0.500 bits per heavy atom. The summed E-state index contributed by atoms with van der Waals surface area (Å²) < 4.78 is 32.6. The van der Waals surface area contributed by atoms with Crippen molar-refractivity contribution in [2.75, 3.05) is 68.8 Å².